The predicted molar refractivity (Wildman–Crippen MR) is 90.9 cm³/mol. The Morgan fingerprint density at radius 2 is 2.17 bits per heavy atom. The second-order valence-corrected chi connectivity index (χ2v) is 7.36. The number of rotatable bonds is 4. The van der Waals surface area contributed by atoms with E-state index in [9.17, 15) is 4.79 Å². The lowest BCUT2D eigenvalue weighted by Crippen LogP contribution is -2.52. The van der Waals surface area contributed by atoms with E-state index >= 15 is 0 Å². The summed E-state index contributed by atoms with van der Waals surface area (Å²) < 4.78 is 7.77. The van der Waals surface area contributed by atoms with Crippen LogP contribution in [-0.4, -0.2) is 70.4 Å². The van der Waals surface area contributed by atoms with E-state index in [-0.39, 0.29) is 12.0 Å². The van der Waals surface area contributed by atoms with E-state index in [0.717, 1.165) is 32.2 Å². The monoisotopic (exact) mass is 332 g/mol. The zero-order valence-electron chi connectivity index (χ0n) is 14.6. The fraction of sp³-hybridized carbons (Fsp3) is 0.778. The van der Waals surface area contributed by atoms with Crippen molar-refractivity contribution in [1.82, 2.24) is 19.6 Å². The Bertz CT molecular complexity index is 581. The molecule has 1 aromatic heterocycles. The Balaban J connectivity index is 1.44. The zero-order chi connectivity index (χ0) is 16.5. The van der Waals surface area contributed by atoms with Gasteiger partial charge in [0.15, 0.2) is 0 Å². The maximum atomic E-state index is 12.9. The van der Waals surface area contributed by atoms with Crippen molar-refractivity contribution in [1.29, 1.82) is 0 Å². The molecule has 1 aromatic rings. The summed E-state index contributed by atoms with van der Waals surface area (Å²) in [6.45, 7) is 7.21. The van der Waals surface area contributed by atoms with Crippen LogP contribution in [0.1, 0.15) is 43.1 Å². The molecule has 3 fully saturated rings. The first-order chi connectivity index (χ1) is 11.8. The van der Waals surface area contributed by atoms with Crippen molar-refractivity contribution in [2.24, 2.45) is 5.92 Å². The predicted octanol–water partition coefficient (Wildman–Crippen LogP) is 1.62. The summed E-state index contributed by atoms with van der Waals surface area (Å²) in [7, 11) is 0. The van der Waals surface area contributed by atoms with Gasteiger partial charge in [-0.2, -0.15) is 5.10 Å². The molecule has 0 radical (unpaired) electrons. The van der Waals surface area contributed by atoms with E-state index in [1.807, 2.05) is 17.9 Å². The molecule has 0 N–H and O–H groups in total. The summed E-state index contributed by atoms with van der Waals surface area (Å²) in [6, 6.07) is 2.19. The highest BCUT2D eigenvalue weighted by atomic mass is 16.5. The standard InChI is InChI=1S/C18H28N4O2/c1-2-22-15(7-8-19-22)18(23)21-12-16-17(13-21)24-10-9-20(16)11-14-5-3-4-6-14/h7-8,14,16-17H,2-6,9-13H2,1H3/t16-,17-/m0/s1. The van der Waals surface area contributed by atoms with Gasteiger partial charge in [-0.15, -0.1) is 0 Å². The quantitative estimate of drug-likeness (QED) is 0.841. The SMILES string of the molecule is CCn1nccc1C(=O)N1C[C@@H]2OCCN(CC3CCCC3)[C@H]2C1. The molecular weight excluding hydrogens is 304 g/mol. The topological polar surface area (TPSA) is 50.6 Å². The Morgan fingerprint density at radius 3 is 2.96 bits per heavy atom. The summed E-state index contributed by atoms with van der Waals surface area (Å²) in [5.74, 6) is 0.934. The lowest BCUT2D eigenvalue weighted by molar-refractivity contribution is -0.0516. The number of carbonyl (C=O) groups excluding carboxylic acids is 1. The minimum absolute atomic E-state index is 0.0909. The van der Waals surface area contributed by atoms with Gasteiger partial charge in [0.1, 0.15) is 5.69 Å². The molecular formula is C18H28N4O2. The minimum atomic E-state index is 0.0909. The maximum absolute atomic E-state index is 12.9. The first-order valence-corrected chi connectivity index (χ1v) is 9.43. The number of nitrogens with zero attached hydrogens (tertiary/aromatic N) is 4. The number of hydrogen-bond acceptors (Lipinski definition) is 4. The van der Waals surface area contributed by atoms with Crippen molar-refractivity contribution in [3.8, 4) is 0 Å². The molecule has 1 saturated carbocycles. The normalized spacial score (nSPS) is 28.5. The van der Waals surface area contributed by atoms with Crippen molar-refractivity contribution >= 4 is 5.91 Å². The molecule has 132 valence electrons. The van der Waals surface area contributed by atoms with Gasteiger partial charge >= 0.3 is 0 Å². The molecule has 1 aliphatic carbocycles. The van der Waals surface area contributed by atoms with Crippen LogP contribution in [0.4, 0.5) is 0 Å². The third-order valence-corrected chi connectivity index (χ3v) is 5.91. The Hall–Kier alpha value is -1.40. The van der Waals surface area contributed by atoms with Gasteiger partial charge in [-0.25, -0.2) is 0 Å². The molecule has 0 aromatic carbocycles. The largest absolute Gasteiger partial charge is 0.373 e. The van der Waals surface area contributed by atoms with E-state index in [2.05, 4.69) is 10.00 Å². The molecule has 0 bridgehead atoms. The van der Waals surface area contributed by atoms with E-state index in [4.69, 9.17) is 4.74 Å². The maximum Gasteiger partial charge on any atom is 0.272 e. The Labute approximate surface area is 143 Å². The van der Waals surface area contributed by atoms with Crippen LogP contribution >= 0.6 is 0 Å². The van der Waals surface area contributed by atoms with Gasteiger partial charge in [0.25, 0.3) is 5.91 Å². The number of likely N-dealkylation sites (tertiary alicyclic amines) is 1. The number of ether oxygens (including phenoxy) is 1. The molecule has 2 atom stereocenters. The second-order valence-electron chi connectivity index (χ2n) is 7.36. The highest BCUT2D eigenvalue weighted by Gasteiger charge is 2.42. The number of morpholine rings is 1. The Kier molecular flexibility index (Phi) is 4.59. The van der Waals surface area contributed by atoms with Crippen molar-refractivity contribution < 1.29 is 9.53 Å². The molecule has 4 rings (SSSR count). The van der Waals surface area contributed by atoms with Crippen LogP contribution in [0.25, 0.3) is 0 Å². The number of hydrogen-bond donors (Lipinski definition) is 0. The summed E-state index contributed by atoms with van der Waals surface area (Å²) in [5.41, 5.74) is 0.693. The third kappa shape index (κ3) is 2.97. The van der Waals surface area contributed by atoms with E-state index in [0.29, 0.717) is 18.3 Å². The number of fused-ring (bicyclic) bond motifs is 1. The first kappa shape index (κ1) is 16.1. The van der Waals surface area contributed by atoms with Crippen LogP contribution in [0.3, 0.4) is 0 Å². The smallest absolute Gasteiger partial charge is 0.272 e. The van der Waals surface area contributed by atoms with Gasteiger partial charge in [0.2, 0.25) is 0 Å². The highest BCUT2D eigenvalue weighted by molar-refractivity contribution is 5.92. The van der Waals surface area contributed by atoms with Gasteiger partial charge < -0.3 is 9.64 Å². The zero-order valence-corrected chi connectivity index (χ0v) is 14.6. The third-order valence-electron chi connectivity index (χ3n) is 5.91. The van der Waals surface area contributed by atoms with Crippen LogP contribution < -0.4 is 0 Å². The summed E-state index contributed by atoms with van der Waals surface area (Å²) in [6.07, 6.45) is 7.38. The molecule has 2 saturated heterocycles. The Morgan fingerprint density at radius 1 is 1.33 bits per heavy atom. The summed E-state index contributed by atoms with van der Waals surface area (Å²) in [5, 5.41) is 4.23. The van der Waals surface area contributed by atoms with Gasteiger partial charge in [0, 0.05) is 38.9 Å². The van der Waals surface area contributed by atoms with E-state index in [1.54, 1.807) is 10.9 Å². The summed E-state index contributed by atoms with van der Waals surface area (Å²) in [4.78, 5) is 17.4. The molecule has 6 nitrogen and oxygen atoms in total. The van der Waals surface area contributed by atoms with Gasteiger partial charge in [-0.3, -0.25) is 14.4 Å². The van der Waals surface area contributed by atoms with Crippen molar-refractivity contribution in [2.75, 3.05) is 32.8 Å². The van der Waals surface area contributed by atoms with Crippen molar-refractivity contribution in [3.05, 3.63) is 18.0 Å². The second kappa shape index (κ2) is 6.84. The lowest BCUT2D eigenvalue weighted by atomic mass is 10.0. The number of aromatic nitrogens is 2. The number of aryl methyl sites for hydroxylation is 1. The lowest BCUT2D eigenvalue weighted by Gasteiger charge is -2.38. The average Bonchev–Trinajstić information content (AvgIpc) is 3.34. The first-order valence-electron chi connectivity index (χ1n) is 9.43. The molecule has 24 heavy (non-hydrogen) atoms. The van der Waals surface area contributed by atoms with Gasteiger partial charge in [-0.1, -0.05) is 12.8 Å². The molecule has 0 unspecified atom stereocenters. The van der Waals surface area contributed by atoms with Crippen molar-refractivity contribution in [3.63, 3.8) is 0 Å². The van der Waals surface area contributed by atoms with E-state index < -0.39 is 0 Å². The van der Waals surface area contributed by atoms with Crippen LogP contribution in [0, 0.1) is 5.92 Å². The molecule has 2 aliphatic heterocycles. The average molecular weight is 332 g/mol. The van der Waals surface area contributed by atoms with Crippen LogP contribution in [-0.2, 0) is 11.3 Å². The van der Waals surface area contributed by atoms with Crippen molar-refractivity contribution in [2.45, 2.75) is 51.3 Å². The molecule has 1 amide bonds. The minimum Gasteiger partial charge on any atom is -0.373 e. The van der Waals surface area contributed by atoms with E-state index in [1.165, 1.54) is 32.2 Å². The number of carbonyl (C=O) groups is 1. The number of amides is 1. The van der Waals surface area contributed by atoms with Crippen LogP contribution in [0.5, 0.6) is 0 Å². The molecule has 3 heterocycles. The van der Waals surface area contributed by atoms with Crippen LogP contribution in [0.15, 0.2) is 12.3 Å². The molecule has 6 heteroatoms. The fourth-order valence-corrected chi connectivity index (χ4v) is 4.60. The molecule has 3 aliphatic rings. The van der Waals surface area contributed by atoms with Gasteiger partial charge in [0.05, 0.1) is 18.8 Å². The highest BCUT2D eigenvalue weighted by Crippen LogP contribution is 2.30. The van der Waals surface area contributed by atoms with Crippen LogP contribution in [0.2, 0.25) is 0 Å². The fourth-order valence-electron chi connectivity index (χ4n) is 4.60. The van der Waals surface area contributed by atoms with Gasteiger partial charge in [-0.05, 0) is 31.7 Å². The summed E-state index contributed by atoms with van der Waals surface area (Å²) >= 11 is 0. The molecule has 0 spiro atoms.